The van der Waals surface area contributed by atoms with E-state index in [-0.39, 0.29) is 36.2 Å². The van der Waals surface area contributed by atoms with Gasteiger partial charge in [-0.3, -0.25) is 19.2 Å². The number of carbonyl (C=O) groups is 6. The lowest BCUT2D eigenvalue weighted by molar-refractivity contribution is -0.346. The number of Topliss-reactive ketones (excluding diaryl/α,β-unsaturated/α-hetero) is 1. The molecule has 1 saturated heterocycles. The minimum absolute atomic E-state index is 0.00317. The minimum Gasteiger partial charge on any atom is -0.456 e. The van der Waals surface area contributed by atoms with Gasteiger partial charge in [0, 0.05) is 45.6 Å². The van der Waals surface area contributed by atoms with E-state index >= 15 is 4.79 Å². The summed E-state index contributed by atoms with van der Waals surface area (Å²) in [6.45, 7) is 7.99. The first-order valence-electron chi connectivity index (χ1n) is 20.8. The number of nitrogens with zero attached hydrogens (tertiary/aromatic N) is 1. The number of unbranched alkanes of at least 4 members (excludes halogenated alkanes) is 1. The van der Waals surface area contributed by atoms with E-state index in [0.29, 0.717) is 18.4 Å². The fourth-order valence-corrected chi connectivity index (χ4v) is 10.1. The third kappa shape index (κ3) is 8.09. The number of carbonyl (C=O) groups excluding carboxylic acids is 6. The molecule has 62 heavy (non-hydrogen) atoms. The van der Waals surface area contributed by atoms with Crippen LogP contribution in [0.5, 0.6) is 0 Å². The highest BCUT2D eigenvalue weighted by Gasteiger charge is 2.78. The van der Waals surface area contributed by atoms with Gasteiger partial charge in [-0.1, -0.05) is 62.4 Å². The predicted octanol–water partition coefficient (Wildman–Crippen LogP) is 3.29. The summed E-state index contributed by atoms with van der Waals surface area (Å²) in [6, 6.07) is 14.9. The molecule has 4 N–H and O–H groups in total. The third-order valence-electron chi connectivity index (χ3n) is 13.4. The number of esters is 4. The lowest BCUT2D eigenvalue weighted by Crippen LogP contribution is -2.82. The van der Waals surface area contributed by atoms with Gasteiger partial charge in [-0.25, -0.2) is 9.59 Å². The first-order valence-corrected chi connectivity index (χ1v) is 20.8. The molecule has 11 atom stereocenters. The predicted molar refractivity (Wildman–Crippen MR) is 220 cm³/mol. The Balaban J connectivity index is 1.51. The zero-order valence-electron chi connectivity index (χ0n) is 36.0. The van der Waals surface area contributed by atoms with E-state index < -0.39 is 113 Å². The number of amides is 1. The molecule has 0 aromatic heterocycles. The monoisotopic (exact) mass is 860 g/mol. The van der Waals surface area contributed by atoms with Crippen LogP contribution in [0.3, 0.4) is 0 Å². The summed E-state index contributed by atoms with van der Waals surface area (Å²) in [5, 5.41) is 40.2. The van der Waals surface area contributed by atoms with Crippen LogP contribution < -0.4 is 5.32 Å². The van der Waals surface area contributed by atoms with Gasteiger partial charge < -0.3 is 49.3 Å². The summed E-state index contributed by atoms with van der Waals surface area (Å²) >= 11 is 0. The molecule has 3 aliphatic carbocycles. The van der Waals surface area contributed by atoms with E-state index in [4.69, 9.17) is 23.7 Å². The summed E-state index contributed by atoms with van der Waals surface area (Å²) in [7, 11) is 1.62. The van der Waals surface area contributed by atoms with Gasteiger partial charge in [-0.2, -0.15) is 0 Å². The van der Waals surface area contributed by atoms with Gasteiger partial charge in [-0.15, -0.1) is 0 Å². The van der Waals surface area contributed by atoms with Crippen molar-refractivity contribution in [1.29, 1.82) is 0 Å². The number of benzene rings is 2. The molecule has 0 spiro atoms. The second-order valence-electron chi connectivity index (χ2n) is 17.4. The van der Waals surface area contributed by atoms with Crippen molar-refractivity contribution in [3.63, 3.8) is 0 Å². The minimum atomic E-state index is -2.38. The second-order valence-corrected chi connectivity index (χ2v) is 17.4. The first-order chi connectivity index (χ1) is 29.2. The van der Waals surface area contributed by atoms with Crippen LogP contribution in [0.4, 0.5) is 0 Å². The molecule has 2 aromatic rings. The van der Waals surface area contributed by atoms with Gasteiger partial charge in [0.2, 0.25) is 5.91 Å². The molecular weight excluding hydrogens is 805 g/mol. The maximum atomic E-state index is 15.5. The number of aliphatic hydroxyl groups excluding tert-OH is 2. The summed E-state index contributed by atoms with van der Waals surface area (Å²) in [5.41, 5.74) is -7.21. The molecule has 16 nitrogen and oxygen atoms in total. The molecule has 2 aromatic carbocycles. The molecule has 1 amide bonds. The highest BCUT2D eigenvalue weighted by molar-refractivity contribution is 5.95. The maximum absolute atomic E-state index is 15.5. The van der Waals surface area contributed by atoms with Crippen molar-refractivity contribution in [2.75, 3.05) is 13.7 Å². The number of fused-ring (bicyclic) bond motifs is 5. The largest absolute Gasteiger partial charge is 0.456 e. The van der Waals surface area contributed by atoms with Crippen molar-refractivity contribution >= 4 is 41.8 Å². The first kappa shape index (κ1) is 46.2. The Morgan fingerprint density at radius 2 is 1.61 bits per heavy atom. The van der Waals surface area contributed by atoms with Crippen LogP contribution in [0.25, 0.3) is 0 Å². The Morgan fingerprint density at radius 1 is 0.968 bits per heavy atom. The molecule has 334 valence electrons. The number of rotatable bonds is 13. The second kappa shape index (κ2) is 17.8. The molecule has 4 aliphatic rings. The number of nitrogens with one attached hydrogen (secondary N) is 1. The molecule has 6 rings (SSSR count). The van der Waals surface area contributed by atoms with Crippen molar-refractivity contribution in [2.24, 2.45) is 21.7 Å². The van der Waals surface area contributed by atoms with Gasteiger partial charge in [0.15, 0.2) is 23.6 Å². The van der Waals surface area contributed by atoms with Gasteiger partial charge in [0.1, 0.15) is 23.9 Å². The SMILES string of the molecule is CN=CCCCC(=O)N[C@@H](c1ccccc1)[C@@H](O)C(=O)O[C@H]1C[C@@]2(O)[C@@H](OC(=O)c3ccccc3)[C@@H]3[C@]4(OC(C)=O)CO[C@@H]4C[C@H](O)[C@@]3(C)C(=O)[C@H](OC(C)=O)C(=C1C)C2(C)C. The fourth-order valence-electron chi connectivity index (χ4n) is 10.1. The zero-order valence-corrected chi connectivity index (χ0v) is 36.0. The van der Waals surface area contributed by atoms with Crippen LogP contribution in [0.1, 0.15) is 95.6 Å². The standard InChI is InChI=1S/C46H56N2O14/c1-25-30(60-42(56)36(53)35(28-16-10-8-11-17-28)48-33(52)20-14-15-21-47-7)23-46(57)40(61-41(55)29-18-12-9-13-19-29)38-44(6,31(51)22-32-45(38,24-58-32)62-27(3)50)39(54)37(59-26(2)49)34(25)43(46,4)5/h8-13,16-19,21,30-32,35-38,40,51,53,57H,14-15,20,22-24H2,1-7H3,(H,48,52)/t30-,31-,32+,35-,36+,37+,38-,40-,44+,45-,46+/m0/s1. The van der Waals surface area contributed by atoms with Gasteiger partial charge in [-0.05, 0) is 61.7 Å². The molecule has 1 aliphatic heterocycles. The van der Waals surface area contributed by atoms with Crippen LogP contribution >= 0.6 is 0 Å². The Labute approximate surface area is 360 Å². The number of ether oxygens (including phenoxy) is 5. The van der Waals surface area contributed by atoms with E-state index in [2.05, 4.69) is 10.3 Å². The topological polar surface area (TPSA) is 234 Å². The quantitative estimate of drug-likeness (QED) is 0.0745. The van der Waals surface area contributed by atoms with E-state index in [1.54, 1.807) is 75.6 Å². The average molecular weight is 861 g/mol. The lowest BCUT2D eigenvalue weighted by Gasteiger charge is -2.67. The Hall–Kier alpha value is -5.29. The smallest absolute Gasteiger partial charge is 0.338 e. The van der Waals surface area contributed by atoms with Crippen molar-refractivity contribution < 1.29 is 67.8 Å². The molecule has 16 heteroatoms. The van der Waals surface area contributed by atoms with Crippen molar-refractivity contribution in [1.82, 2.24) is 5.32 Å². The molecule has 2 bridgehead atoms. The summed E-state index contributed by atoms with van der Waals surface area (Å²) < 4.78 is 30.3. The third-order valence-corrected chi connectivity index (χ3v) is 13.4. The van der Waals surface area contributed by atoms with Crippen LogP contribution in [0.15, 0.2) is 76.8 Å². The van der Waals surface area contributed by atoms with Crippen molar-refractivity contribution in [3.8, 4) is 0 Å². The molecule has 0 radical (unpaired) electrons. The average Bonchev–Trinajstić information content (AvgIpc) is 3.22. The van der Waals surface area contributed by atoms with Crippen LogP contribution in [0.2, 0.25) is 0 Å². The van der Waals surface area contributed by atoms with E-state index in [0.717, 1.165) is 13.8 Å². The highest BCUT2D eigenvalue weighted by Crippen LogP contribution is 2.64. The Bertz CT molecular complexity index is 2120. The van der Waals surface area contributed by atoms with Crippen molar-refractivity contribution in [3.05, 3.63) is 82.9 Å². The van der Waals surface area contributed by atoms with Gasteiger partial charge >= 0.3 is 23.9 Å². The van der Waals surface area contributed by atoms with E-state index in [1.165, 1.54) is 26.0 Å². The van der Waals surface area contributed by atoms with E-state index in [9.17, 15) is 39.3 Å². The molecule has 0 unspecified atom stereocenters. The van der Waals surface area contributed by atoms with Crippen LogP contribution in [0, 0.1) is 16.7 Å². The van der Waals surface area contributed by atoms with Crippen LogP contribution in [-0.2, 0) is 47.7 Å². The normalized spacial score (nSPS) is 32.1. The van der Waals surface area contributed by atoms with Gasteiger partial charge in [0.05, 0.1) is 35.6 Å². The van der Waals surface area contributed by atoms with Crippen LogP contribution in [-0.4, -0.2) is 119 Å². The number of hydrogen-bond acceptors (Lipinski definition) is 15. The van der Waals surface area contributed by atoms with Crippen molar-refractivity contribution in [2.45, 2.75) is 128 Å². The summed E-state index contributed by atoms with van der Waals surface area (Å²) in [4.78, 5) is 87.0. The fraction of sp³-hybridized carbons (Fsp3) is 0.543. The van der Waals surface area contributed by atoms with E-state index in [1.807, 2.05) is 0 Å². The summed E-state index contributed by atoms with van der Waals surface area (Å²) in [5.74, 6) is -6.66. The zero-order chi connectivity index (χ0) is 45.4. The summed E-state index contributed by atoms with van der Waals surface area (Å²) in [6.07, 6.45) is -7.71. The number of hydrogen-bond donors (Lipinski definition) is 4. The molecular formula is C46H56N2O14. The number of ketones is 1. The molecule has 2 saturated carbocycles. The molecule has 3 fully saturated rings. The number of aliphatic imine (C=N–C) groups is 1. The Kier molecular flexibility index (Phi) is 13.3. The maximum Gasteiger partial charge on any atom is 0.338 e. The van der Waals surface area contributed by atoms with Gasteiger partial charge in [0.25, 0.3) is 0 Å². The Morgan fingerprint density at radius 3 is 2.19 bits per heavy atom. The lowest BCUT2D eigenvalue weighted by atomic mass is 9.44. The molecule has 1 heterocycles. The highest BCUT2D eigenvalue weighted by atomic mass is 16.6. The number of aliphatic hydroxyl groups is 3.